The van der Waals surface area contributed by atoms with E-state index < -0.39 is 26.7 Å². The molecule has 0 radical (unpaired) electrons. The Morgan fingerprint density at radius 2 is 1.42 bits per heavy atom. The van der Waals surface area contributed by atoms with Crippen LogP contribution < -0.4 is 0 Å². The van der Waals surface area contributed by atoms with Gasteiger partial charge in [-0.3, -0.25) is 0 Å². The lowest BCUT2D eigenvalue weighted by Crippen LogP contribution is -2.28. The van der Waals surface area contributed by atoms with Crippen molar-refractivity contribution in [3.05, 3.63) is 35.1 Å². The van der Waals surface area contributed by atoms with Crippen molar-refractivity contribution in [3.63, 3.8) is 0 Å². The smallest absolute Gasteiger partial charge is 0.326 e. The monoisotopic (exact) mass is 292 g/mol. The van der Waals surface area contributed by atoms with Gasteiger partial charge < -0.3 is 8.85 Å². The highest BCUT2D eigenvalue weighted by Crippen LogP contribution is 2.17. The van der Waals surface area contributed by atoms with Gasteiger partial charge in [-0.2, -0.15) is 0 Å². The first-order valence-corrected chi connectivity index (χ1v) is 8.21. The minimum Gasteiger partial charge on any atom is -0.396 e. The zero-order valence-corrected chi connectivity index (χ0v) is 12.4. The number of hydrogen-bond donors (Lipinski definition) is 0. The van der Waals surface area contributed by atoms with Gasteiger partial charge in [-0.1, -0.05) is 13.8 Å². The quantitative estimate of drug-likeness (QED) is 0.685. The van der Waals surface area contributed by atoms with E-state index in [0.717, 1.165) is 12.8 Å². The summed E-state index contributed by atoms with van der Waals surface area (Å²) in [6, 6.07) is 1.44. The van der Waals surface area contributed by atoms with E-state index >= 15 is 0 Å². The van der Waals surface area contributed by atoms with Crippen LogP contribution in [0.25, 0.3) is 0 Å². The largest absolute Gasteiger partial charge is 0.396 e. The summed E-state index contributed by atoms with van der Waals surface area (Å²) in [5, 5.41) is 0. The predicted octanol–water partition coefficient (Wildman–Crippen LogP) is 3.26. The molecule has 0 saturated carbocycles. The molecule has 0 aliphatic rings. The fourth-order valence-corrected chi connectivity index (χ4v) is 3.65. The number of halogens is 3. The molecular formula is C13H19F3O2Si. The molecule has 0 N–H and O–H groups in total. The van der Waals surface area contributed by atoms with Gasteiger partial charge in [0.25, 0.3) is 0 Å². The first kappa shape index (κ1) is 16.2. The highest BCUT2D eigenvalue weighted by Gasteiger charge is 2.20. The van der Waals surface area contributed by atoms with Gasteiger partial charge in [0.15, 0.2) is 0 Å². The van der Waals surface area contributed by atoms with Crippen LogP contribution in [-0.4, -0.2) is 22.5 Å². The maximum absolute atomic E-state index is 13.5. The number of rotatable bonds is 8. The Kier molecular flexibility index (Phi) is 7.12. The Labute approximate surface area is 113 Å². The number of hydrogen-bond acceptors (Lipinski definition) is 2. The van der Waals surface area contributed by atoms with Crippen LogP contribution in [-0.2, 0) is 14.9 Å². The molecular weight excluding hydrogens is 273 g/mol. The highest BCUT2D eigenvalue weighted by atomic mass is 28.3. The lowest BCUT2D eigenvalue weighted by molar-refractivity contribution is 0.195. The van der Waals surface area contributed by atoms with E-state index in [2.05, 4.69) is 0 Å². The van der Waals surface area contributed by atoms with Crippen molar-refractivity contribution in [1.82, 2.24) is 0 Å². The van der Waals surface area contributed by atoms with Crippen molar-refractivity contribution in [2.24, 2.45) is 0 Å². The van der Waals surface area contributed by atoms with Gasteiger partial charge >= 0.3 is 9.28 Å². The van der Waals surface area contributed by atoms with E-state index in [1.165, 1.54) is 0 Å². The number of benzene rings is 1. The van der Waals surface area contributed by atoms with Crippen molar-refractivity contribution in [2.75, 3.05) is 13.2 Å². The topological polar surface area (TPSA) is 18.5 Å². The third-order valence-corrected chi connectivity index (χ3v) is 4.45. The average Bonchev–Trinajstić information content (AvgIpc) is 2.35. The summed E-state index contributed by atoms with van der Waals surface area (Å²) in [6.45, 7) is 4.91. The van der Waals surface area contributed by atoms with Crippen LogP contribution in [0.3, 0.4) is 0 Å². The van der Waals surface area contributed by atoms with Crippen molar-refractivity contribution >= 4 is 9.28 Å². The Bertz CT molecular complexity index is 370. The summed E-state index contributed by atoms with van der Waals surface area (Å²) < 4.78 is 51.0. The molecule has 0 unspecified atom stereocenters. The molecule has 2 nitrogen and oxygen atoms in total. The van der Waals surface area contributed by atoms with Crippen LogP contribution in [0, 0.1) is 17.5 Å². The van der Waals surface area contributed by atoms with Gasteiger partial charge in [-0.25, -0.2) is 13.2 Å². The third-order valence-electron chi connectivity index (χ3n) is 2.49. The van der Waals surface area contributed by atoms with Crippen molar-refractivity contribution in [2.45, 2.75) is 32.7 Å². The fraction of sp³-hybridized carbons (Fsp3) is 0.538. The summed E-state index contributed by atoms with van der Waals surface area (Å²) in [6.07, 6.45) is 1.63. The summed E-state index contributed by atoms with van der Waals surface area (Å²) in [4.78, 5) is 0. The molecule has 0 atom stereocenters. The molecule has 1 rings (SSSR count). The lowest BCUT2D eigenvalue weighted by Gasteiger charge is -2.17. The molecule has 0 aliphatic carbocycles. The summed E-state index contributed by atoms with van der Waals surface area (Å²) >= 11 is 0. The van der Waals surface area contributed by atoms with Crippen molar-refractivity contribution in [1.29, 1.82) is 0 Å². The lowest BCUT2D eigenvalue weighted by atomic mass is 10.2. The van der Waals surface area contributed by atoms with Crippen molar-refractivity contribution < 1.29 is 22.0 Å². The van der Waals surface area contributed by atoms with Gasteiger partial charge in [-0.15, -0.1) is 0 Å². The van der Waals surface area contributed by atoms with Crippen LogP contribution in [0.5, 0.6) is 0 Å². The Hall–Kier alpha value is -0.853. The van der Waals surface area contributed by atoms with Gasteiger partial charge in [0.2, 0.25) is 0 Å². The van der Waals surface area contributed by atoms with E-state index in [0.29, 0.717) is 25.3 Å². The van der Waals surface area contributed by atoms with Crippen LogP contribution in [0.2, 0.25) is 0 Å². The summed E-state index contributed by atoms with van der Waals surface area (Å²) in [5.41, 5.74) is -0.148. The van der Waals surface area contributed by atoms with Gasteiger partial charge in [0.1, 0.15) is 17.5 Å². The van der Waals surface area contributed by atoms with E-state index in [4.69, 9.17) is 8.85 Å². The van der Waals surface area contributed by atoms with Crippen molar-refractivity contribution in [3.8, 4) is 0 Å². The highest BCUT2D eigenvalue weighted by molar-refractivity contribution is 6.43. The third kappa shape index (κ3) is 5.34. The van der Waals surface area contributed by atoms with Crippen LogP contribution in [0.4, 0.5) is 13.2 Å². The Balaban J connectivity index is 2.77. The van der Waals surface area contributed by atoms with Gasteiger partial charge in [0, 0.05) is 37.0 Å². The molecule has 0 fully saturated rings. The summed E-state index contributed by atoms with van der Waals surface area (Å²) in [7, 11) is -2.17. The van der Waals surface area contributed by atoms with Crippen LogP contribution >= 0.6 is 0 Å². The Morgan fingerprint density at radius 1 is 0.947 bits per heavy atom. The minimum absolute atomic E-state index is 0.0674. The van der Waals surface area contributed by atoms with Crippen LogP contribution in [0.15, 0.2) is 12.1 Å². The zero-order valence-electron chi connectivity index (χ0n) is 11.2. The van der Waals surface area contributed by atoms with Gasteiger partial charge in [0.05, 0.1) is 0 Å². The van der Waals surface area contributed by atoms with E-state index in [-0.39, 0.29) is 11.6 Å². The molecule has 6 heteroatoms. The fourth-order valence-electron chi connectivity index (χ4n) is 1.60. The molecule has 1 aromatic carbocycles. The molecule has 0 spiro atoms. The van der Waals surface area contributed by atoms with E-state index in [1.807, 2.05) is 13.8 Å². The molecule has 1 aromatic rings. The first-order chi connectivity index (χ1) is 9.08. The van der Waals surface area contributed by atoms with Gasteiger partial charge in [-0.05, 0) is 12.8 Å². The molecule has 0 amide bonds. The standard InChI is InChI=1S/C13H19F3O2Si/c1-3-5-17-19(18-6-4-2)9-11-12(15)7-10(14)8-13(11)16/h7-8,19H,3-6,9H2,1-2H3. The average molecular weight is 292 g/mol. The molecule has 0 aromatic heterocycles. The van der Waals surface area contributed by atoms with E-state index in [9.17, 15) is 13.2 Å². The molecule has 0 heterocycles. The molecule has 108 valence electrons. The Morgan fingerprint density at radius 3 is 1.84 bits per heavy atom. The second kappa shape index (κ2) is 8.34. The summed E-state index contributed by atoms with van der Waals surface area (Å²) in [5.74, 6) is -2.67. The molecule has 0 bridgehead atoms. The van der Waals surface area contributed by atoms with E-state index in [1.54, 1.807) is 0 Å². The predicted molar refractivity (Wildman–Crippen MR) is 69.7 cm³/mol. The zero-order chi connectivity index (χ0) is 14.3. The molecule has 0 saturated heterocycles. The molecule has 0 aliphatic heterocycles. The first-order valence-electron chi connectivity index (χ1n) is 6.45. The second-order valence-corrected chi connectivity index (χ2v) is 6.16. The normalized spacial score (nSPS) is 11.3. The van der Waals surface area contributed by atoms with Crippen LogP contribution in [0.1, 0.15) is 32.3 Å². The maximum atomic E-state index is 13.5. The maximum Gasteiger partial charge on any atom is 0.326 e. The molecule has 19 heavy (non-hydrogen) atoms. The second-order valence-electron chi connectivity index (χ2n) is 4.22. The SMILES string of the molecule is CCCO[SiH](Cc1c(F)cc(F)cc1F)OCCC. The minimum atomic E-state index is -2.17.